The monoisotopic (exact) mass is 281 g/mol. The number of anilines is 1. The van der Waals surface area contributed by atoms with Crippen molar-refractivity contribution < 1.29 is 9.18 Å². The van der Waals surface area contributed by atoms with Crippen LogP contribution in [0.15, 0.2) is 29.4 Å². The summed E-state index contributed by atoms with van der Waals surface area (Å²) < 4.78 is 14.5. The lowest BCUT2D eigenvalue weighted by Gasteiger charge is -2.10. The van der Waals surface area contributed by atoms with Gasteiger partial charge in [0.05, 0.1) is 5.25 Å². The van der Waals surface area contributed by atoms with E-state index in [2.05, 4.69) is 20.8 Å². The second-order valence-electron chi connectivity index (χ2n) is 3.84. The fourth-order valence-corrected chi connectivity index (χ4v) is 2.10. The third-order valence-electron chi connectivity index (χ3n) is 2.32. The molecular weight excluding hydrogens is 269 g/mol. The van der Waals surface area contributed by atoms with Gasteiger partial charge in [-0.2, -0.15) is 0 Å². The van der Waals surface area contributed by atoms with Crippen LogP contribution in [0.4, 0.5) is 10.1 Å². The number of tetrazole rings is 1. The molecule has 0 bridgehead atoms. The molecule has 8 heteroatoms. The molecule has 100 valence electrons. The topological polar surface area (TPSA) is 72.7 Å². The summed E-state index contributed by atoms with van der Waals surface area (Å²) in [6.07, 6.45) is 0. The average Bonchev–Trinajstić information content (AvgIpc) is 2.75. The van der Waals surface area contributed by atoms with Crippen molar-refractivity contribution in [2.24, 2.45) is 7.05 Å². The maximum Gasteiger partial charge on any atom is 0.237 e. The first-order valence-corrected chi connectivity index (χ1v) is 6.39. The molecule has 2 aromatic rings. The van der Waals surface area contributed by atoms with E-state index in [1.54, 1.807) is 20.0 Å². The maximum absolute atomic E-state index is 13.0. The van der Waals surface area contributed by atoms with E-state index in [0.717, 1.165) is 0 Å². The minimum atomic E-state index is -0.395. The number of carbonyl (C=O) groups excluding carboxylic acids is 1. The van der Waals surface area contributed by atoms with Gasteiger partial charge in [-0.25, -0.2) is 9.07 Å². The molecule has 1 heterocycles. The van der Waals surface area contributed by atoms with Gasteiger partial charge >= 0.3 is 0 Å². The molecule has 1 N–H and O–H groups in total. The molecule has 0 fully saturated rings. The molecule has 0 spiro atoms. The molecule has 0 radical (unpaired) electrons. The lowest BCUT2D eigenvalue weighted by Crippen LogP contribution is -2.22. The summed E-state index contributed by atoms with van der Waals surface area (Å²) in [5, 5.41) is 13.7. The minimum absolute atomic E-state index is 0.237. The number of hydrogen-bond acceptors (Lipinski definition) is 5. The Labute approximate surface area is 113 Å². The summed E-state index contributed by atoms with van der Waals surface area (Å²) in [7, 11) is 1.69. The van der Waals surface area contributed by atoms with E-state index in [1.807, 2.05) is 0 Å². The molecule has 0 aliphatic rings. The first kappa shape index (κ1) is 13.5. The number of hydrogen-bond donors (Lipinski definition) is 1. The van der Waals surface area contributed by atoms with Gasteiger partial charge in [0, 0.05) is 12.7 Å². The second-order valence-corrected chi connectivity index (χ2v) is 5.15. The highest BCUT2D eigenvalue weighted by Crippen LogP contribution is 2.20. The van der Waals surface area contributed by atoms with Gasteiger partial charge in [-0.3, -0.25) is 4.79 Å². The minimum Gasteiger partial charge on any atom is -0.325 e. The Kier molecular flexibility index (Phi) is 4.10. The zero-order valence-corrected chi connectivity index (χ0v) is 11.2. The summed E-state index contributed by atoms with van der Waals surface area (Å²) in [5.41, 5.74) is 0.425. The van der Waals surface area contributed by atoms with E-state index in [0.29, 0.717) is 10.8 Å². The van der Waals surface area contributed by atoms with E-state index < -0.39 is 11.1 Å². The van der Waals surface area contributed by atoms with Crippen molar-refractivity contribution in [2.75, 3.05) is 5.32 Å². The van der Waals surface area contributed by atoms with Crippen molar-refractivity contribution in [3.05, 3.63) is 30.1 Å². The van der Waals surface area contributed by atoms with Crippen molar-refractivity contribution in [3.63, 3.8) is 0 Å². The summed E-state index contributed by atoms with van der Waals surface area (Å²) in [6, 6.07) is 5.75. The number of carbonyl (C=O) groups is 1. The van der Waals surface area contributed by atoms with Crippen molar-refractivity contribution in [2.45, 2.75) is 17.3 Å². The number of amides is 1. The lowest BCUT2D eigenvalue weighted by molar-refractivity contribution is -0.115. The van der Waals surface area contributed by atoms with Crippen LogP contribution in [0.3, 0.4) is 0 Å². The normalized spacial score (nSPS) is 12.2. The van der Waals surface area contributed by atoms with Gasteiger partial charge in [-0.15, -0.1) is 5.10 Å². The highest BCUT2D eigenvalue weighted by Gasteiger charge is 2.17. The largest absolute Gasteiger partial charge is 0.325 e. The zero-order valence-electron chi connectivity index (χ0n) is 10.4. The second kappa shape index (κ2) is 5.79. The zero-order chi connectivity index (χ0) is 13.8. The molecule has 0 aliphatic heterocycles. The Morgan fingerprint density at radius 3 is 2.95 bits per heavy atom. The average molecular weight is 281 g/mol. The van der Waals surface area contributed by atoms with Crippen LogP contribution in [0.2, 0.25) is 0 Å². The van der Waals surface area contributed by atoms with Crippen molar-refractivity contribution in [3.8, 4) is 0 Å². The molecule has 1 aromatic heterocycles. The van der Waals surface area contributed by atoms with Gasteiger partial charge in [-0.05, 0) is 35.5 Å². The smallest absolute Gasteiger partial charge is 0.237 e. The summed E-state index contributed by atoms with van der Waals surface area (Å²) >= 11 is 1.23. The lowest BCUT2D eigenvalue weighted by atomic mass is 10.3. The third-order valence-corrected chi connectivity index (χ3v) is 3.45. The third kappa shape index (κ3) is 3.50. The van der Waals surface area contributed by atoms with Crippen LogP contribution in [0.5, 0.6) is 0 Å². The van der Waals surface area contributed by atoms with E-state index >= 15 is 0 Å². The van der Waals surface area contributed by atoms with E-state index in [9.17, 15) is 9.18 Å². The van der Waals surface area contributed by atoms with E-state index in [-0.39, 0.29) is 5.91 Å². The predicted octanol–water partition coefficient (Wildman–Crippen LogP) is 1.47. The Balaban J connectivity index is 1.98. The Morgan fingerprint density at radius 2 is 2.32 bits per heavy atom. The summed E-state index contributed by atoms with van der Waals surface area (Å²) in [6.45, 7) is 1.73. The quantitative estimate of drug-likeness (QED) is 0.859. The fraction of sp³-hybridized carbons (Fsp3) is 0.273. The highest BCUT2D eigenvalue weighted by molar-refractivity contribution is 8.00. The summed E-state index contributed by atoms with van der Waals surface area (Å²) in [4.78, 5) is 11.9. The molecule has 1 unspecified atom stereocenters. The fourth-order valence-electron chi connectivity index (χ4n) is 1.34. The molecule has 1 amide bonds. The molecule has 0 saturated heterocycles. The molecule has 0 saturated carbocycles. The number of aromatic nitrogens is 4. The first-order valence-electron chi connectivity index (χ1n) is 5.51. The van der Waals surface area contributed by atoms with Crippen LogP contribution in [0, 0.1) is 5.82 Å². The highest BCUT2D eigenvalue weighted by atomic mass is 32.2. The number of nitrogens with zero attached hydrogens (tertiary/aromatic N) is 4. The van der Waals surface area contributed by atoms with Crippen molar-refractivity contribution in [1.82, 2.24) is 20.2 Å². The number of nitrogens with one attached hydrogen (secondary N) is 1. The maximum atomic E-state index is 13.0. The van der Waals surface area contributed by atoms with Crippen LogP contribution in [0.1, 0.15) is 6.92 Å². The van der Waals surface area contributed by atoms with Gasteiger partial charge in [-0.1, -0.05) is 17.8 Å². The van der Waals surface area contributed by atoms with E-state index in [1.165, 1.54) is 34.6 Å². The SMILES string of the molecule is CC(Sc1nnnn1C)C(=O)Nc1cccc(F)c1. The molecule has 1 atom stereocenters. The van der Waals surface area contributed by atoms with Crippen LogP contribution >= 0.6 is 11.8 Å². The number of thioether (sulfide) groups is 1. The van der Waals surface area contributed by atoms with Gasteiger partial charge in [0.2, 0.25) is 11.1 Å². The molecular formula is C11H12FN5OS. The molecule has 6 nitrogen and oxygen atoms in total. The Hall–Kier alpha value is -1.96. The van der Waals surface area contributed by atoms with Crippen molar-refractivity contribution >= 4 is 23.4 Å². The number of aryl methyl sites for hydroxylation is 1. The van der Waals surface area contributed by atoms with Gasteiger partial charge in [0.25, 0.3) is 0 Å². The number of rotatable bonds is 4. The molecule has 2 rings (SSSR count). The Bertz CT molecular complexity index is 588. The van der Waals surface area contributed by atoms with Gasteiger partial charge in [0.15, 0.2) is 0 Å². The molecule has 1 aromatic carbocycles. The van der Waals surface area contributed by atoms with Gasteiger partial charge in [0.1, 0.15) is 5.82 Å². The predicted molar refractivity (Wildman–Crippen MR) is 69.1 cm³/mol. The van der Waals surface area contributed by atoms with Crippen molar-refractivity contribution in [1.29, 1.82) is 0 Å². The number of halogens is 1. The van der Waals surface area contributed by atoms with Crippen LogP contribution in [0.25, 0.3) is 0 Å². The van der Waals surface area contributed by atoms with Crippen LogP contribution in [-0.2, 0) is 11.8 Å². The van der Waals surface area contributed by atoms with E-state index in [4.69, 9.17) is 0 Å². The van der Waals surface area contributed by atoms with Crippen LogP contribution in [-0.4, -0.2) is 31.4 Å². The van der Waals surface area contributed by atoms with Crippen LogP contribution < -0.4 is 5.32 Å². The molecule has 0 aliphatic carbocycles. The standard InChI is InChI=1S/C11H12FN5OS/c1-7(19-11-14-15-16-17(11)2)10(18)13-9-5-3-4-8(12)6-9/h3-7H,1-2H3,(H,13,18). The first-order chi connectivity index (χ1) is 9.06. The number of benzene rings is 1. The summed E-state index contributed by atoms with van der Waals surface area (Å²) in [5.74, 6) is -0.630. The molecule has 19 heavy (non-hydrogen) atoms. The Morgan fingerprint density at radius 1 is 1.53 bits per heavy atom. The van der Waals surface area contributed by atoms with Gasteiger partial charge < -0.3 is 5.32 Å².